The second-order valence-electron chi connectivity index (χ2n) is 7.94. The quantitative estimate of drug-likeness (QED) is 0.414. The summed E-state index contributed by atoms with van der Waals surface area (Å²) in [5, 5.41) is 19.7. The van der Waals surface area contributed by atoms with E-state index in [-0.39, 0.29) is 36.1 Å². The number of halogens is 2. The average molecular weight is 459 g/mol. The summed E-state index contributed by atoms with van der Waals surface area (Å²) >= 11 is 0. The second-order valence-corrected chi connectivity index (χ2v) is 7.94. The van der Waals surface area contributed by atoms with Crippen molar-refractivity contribution >= 4 is 11.6 Å². The van der Waals surface area contributed by atoms with Crippen LogP contribution in [0.5, 0.6) is 0 Å². The van der Waals surface area contributed by atoms with Crippen LogP contribution >= 0.6 is 0 Å². The minimum atomic E-state index is -0.869. The molecule has 0 saturated carbocycles. The number of aryl methyl sites for hydroxylation is 1. The molecular formula is C21H23F2N7O3. The van der Waals surface area contributed by atoms with E-state index in [1.807, 2.05) is 4.90 Å². The number of amides is 1. The monoisotopic (exact) mass is 459 g/mol. The van der Waals surface area contributed by atoms with E-state index in [0.717, 1.165) is 6.07 Å². The highest BCUT2D eigenvalue weighted by Crippen LogP contribution is 2.22. The molecule has 0 N–H and O–H groups in total. The standard InChI is InChI=1S/C21H23F2N7O3/c1-14-20(30(32)33)15(2)29(24-14)13-28-7-6-18(25-28)21(31)27-10-8-26(9-11-27)12-16-4-3-5-17(22)19(16)23/h3-7H,8-13H2,1-2H3. The van der Waals surface area contributed by atoms with Crippen molar-refractivity contribution in [3.8, 4) is 0 Å². The summed E-state index contributed by atoms with van der Waals surface area (Å²) in [6, 6.07) is 5.72. The largest absolute Gasteiger partial charge is 0.335 e. The molecule has 0 aliphatic carbocycles. The number of aromatic nitrogens is 4. The van der Waals surface area contributed by atoms with Crippen LogP contribution in [0.4, 0.5) is 14.5 Å². The van der Waals surface area contributed by atoms with Gasteiger partial charge in [0, 0.05) is 44.5 Å². The Morgan fingerprint density at radius 1 is 1.12 bits per heavy atom. The predicted octanol–water partition coefficient (Wildman–Crippen LogP) is 2.35. The van der Waals surface area contributed by atoms with Gasteiger partial charge in [-0.1, -0.05) is 12.1 Å². The van der Waals surface area contributed by atoms with E-state index in [4.69, 9.17) is 0 Å². The van der Waals surface area contributed by atoms with Crippen molar-refractivity contribution in [1.29, 1.82) is 0 Å². The number of piperazine rings is 1. The molecule has 0 radical (unpaired) electrons. The van der Waals surface area contributed by atoms with Gasteiger partial charge in [-0.2, -0.15) is 10.2 Å². The summed E-state index contributed by atoms with van der Waals surface area (Å²) in [6.45, 7) is 5.52. The van der Waals surface area contributed by atoms with Gasteiger partial charge >= 0.3 is 5.69 Å². The number of nitrogens with zero attached hydrogens (tertiary/aromatic N) is 7. The predicted molar refractivity (Wildman–Crippen MR) is 114 cm³/mol. The highest BCUT2D eigenvalue weighted by Gasteiger charge is 2.25. The van der Waals surface area contributed by atoms with Crippen LogP contribution in [0.25, 0.3) is 0 Å². The molecule has 33 heavy (non-hydrogen) atoms. The van der Waals surface area contributed by atoms with Gasteiger partial charge in [-0.05, 0) is 26.0 Å². The Hall–Kier alpha value is -3.67. The first-order valence-corrected chi connectivity index (χ1v) is 10.4. The second kappa shape index (κ2) is 9.06. The van der Waals surface area contributed by atoms with Crippen LogP contribution in [0.2, 0.25) is 0 Å². The first-order chi connectivity index (χ1) is 15.7. The molecule has 3 aromatic rings. The van der Waals surface area contributed by atoms with E-state index in [0.29, 0.717) is 37.6 Å². The van der Waals surface area contributed by atoms with Crippen LogP contribution in [-0.2, 0) is 13.2 Å². The fraction of sp³-hybridized carbons (Fsp3) is 0.381. The first-order valence-electron chi connectivity index (χ1n) is 10.4. The van der Waals surface area contributed by atoms with Crippen molar-refractivity contribution < 1.29 is 18.5 Å². The molecule has 1 saturated heterocycles. The third-order valence-electron chi connectivity index (χ3n) is 5.75. The lowest BCUT2D eigenvalue weighted by atomic mass is 10.1. The molecule has 0 spiro atoms. The van der Waals surface area contributed by atoms with Gasteiger partial charge in [0.25, 0.3) is 5.91 Å². The maximum atomic E-state index is 13.9. The van der Waals surface area contributed by atoms with Gasteiger partial charge in [0.2, 0.25) is 0 Å². The molecule has 1 aromatic carbocycles. The van der Waals surface area contributed by atoms with Gasteiger partial charge in [-0.25, -0.2) is 13.5 Å². The third kappa shape index (κ3) is 4.60. The summed E-state index contributed by atoms with van der Waals surface area (Å²) < 4.78 is 30.3. The third-order valence-corrected chi connectivity index (χ3v) is 5.75. The Morgan fingerprint density at radius 3 is 2.52 bits per heavy atom. The summed E-state index contributed by atoms with van der Waals surface area (Å²) in [7, 11) is 0. The minimum Gasteiger partial charge on any atom is -0.335 e. The number of rotatable bonds is 6. The van der Waals surface area contributed by atoms with Crippen molar-refractivity contribution in [2.75, 3.05) is 26.2 Å². The van der Waals surface area contributed by atoms with Gasteiger partial charge in [0.1, 0.15) is 23.8 Å². The van der Waals surface area contributed by atoms with Gasteiger partial charge < -0.3 is 4.90 Å². The van der Waals surface area contributed by atoms with E-state index < -0.39 is 16.6 Å². The fourth-order valence-electron chi connectivity index (χ4n) is 3.96. The summed E-state index contributed by atoms with van der Waals surface area (Å²) in [4.78, 5) is 27.2. The van der Waals surface area contributed by atoms with Crippen LogP contribution in [0.15, 0.2) is 30.5 Å². The molecule has 0 bridgehead atoms. The smallest absolute Gasteiger partial charge is 0.312 e. The summed E-state index contributed by atoms with van der Waals surface area (Å²) in [6.07, 6.45) is 1.62. The molecule has 174 valence electrons. The Labute approximate surface area is 188 Å². The zero-order valence-electron chi connectivity index (χ0n) is 18.2. The Balaban J connectivity index is 1.36. The number of benzene rings is 1. The molecule has 0 unspecified atom stereocenters. The van der Waals surface area contributed by atoms with Crippen LogP contribution < -0.4 is 0 Å². The van der Waals surface area contributed by atoms with E-state index in [1.54, 1.807) is 37.1 Å². The molecule has 1 amide bonds. The zero-order chi connectivity index (χ0) is 23.7. The normalized spacial score (nSPS) is 14.6. The van der Waals surface area contributed by atoms with Crippen molar-refractivity contribution in [2.45, 2.75) is 27.1 Å². The van der Waals surface area contributed by atoms with Gasteiger partial charge in [0.05, 0.1) is 4.92 Å². The average Bonchev–Trinajstić information content (AvgIpc) is 3.35. The van der Waals surface area contributed by atoms with Crippen molar-refractivity contribution in [2.24, 2.45) is 0 Å². The maximum absolute atomic E-state index is 13.9. The number of hydrogen-bond acceptors (Lipinski definition) is 6. The number of carbonyl (C=O) groups is 1. The van der Waals surface area contributed by atoms with E-state index in [2.05, 4.69) is 10.2 Å². The molecule has 1 fully saturated rings. The molecule has 10 nitrogen and oxygen atoms in total. The lowest BCUT2D eigenvalue weighted by Gasteiger charge is -2.34. The van der Waals surface area contributed by atoms with Crippen molar-refractivity contribution in [1.82, 2.24) is 29.4 Å². The Morgan fingerprint density at radius 2 is 1.85 bits per heavy atom. The van der Waals surface area contributed by atoms with Crippen LogP contribution in [0.3, 0.4) is 0 Å². The Bertz CT molecular complexity index is 1200. The van der Waals surface area contributed by atoms with E-state index >= 15 is 0 Å². The van der Waals surface area contributed by atoms with Crippen LogP contribution in [0, 0.1) is 35.6 Å². The van der Waals surface area contributed by atoms with E-state index in [9.17, 15) is 23.7 Å². The van der Waals surface area contributed by atoms with Crippen LogP contribution in [0.1, 0.15) is 27.4 Å². The number of carbonyl (C=O) groups excluding carboxylic acids is 1. The number of nitro groups is 1. The van der Waals surface area contributed by atoms with Crippen LogP contribution in [-0.4, -0.2) is 66.4 Å². The highest BCUT2D eigenvalue weighted by molar-refractivity contribution is 5.92. The SMILES string of the molecule is Cc1nn(Cn2ccc(C(=O)N3CCN(Cc4cccc(F)c4F)CC3)n2)c(C)c1[N+](=O)[O-]. The maximum Gasteiger partial charge on any atom is 0.312 e. The molecule has 1 aliphatic rings. The molecule has 3 heterocycles. The molecule has 2 aromatic heterocycles. The van der Waals surface area contributed by atoms with Gasteiger partial charge in [0.15, 0.2) is 11.6 Å². The first kappa shape index (κ1) is 22.5. The zero-order valence-corrected chi connectivity index (χ0v) is 18.2. The van der Waals surface area contributed by atoms with Crippen molar-refractivity contribution in [3.63, 3.8) is 0 Å². The van der Waals surface area contributed by atoms with Gasteiger partial charge in [-0.3, -0.25) is 24.5 Å². The summed E-state index contributed by atoms with van der Waals surface area (Å²) in [5.41, 5.74) is 1.24. The topological polar surface area (TPSA) is 102 Å². The summed E-state index contributed by atoms with van der Waals surface area (Å²) in [5.74, 6) is -1.94. The van der Waals surface area contributed by atoms with Gasteiger partial charge in [-0.15, -0.1) is 0 Å². The molecule has 0 atom stereocenters. The minimum absolute atomic E-state index is 0.0329. The van der Waals surface area contributed by atoms with E-state index in [1.165, 1.54) is 15.4 Å². The Kier molecular flexibility index (Phi) is 6.18. The number of hydrogen-bond donors (Lipinski definition) is 0. The molecule has 12 heteroatoms. The fourth-order valence-corrected chi connectivity index (χ4v) is 3.96. The highest BCUT2D eigenvalue weighted by atomic mass is 19.2. The lowest BCUT2D eigenvalue weighted by Crippen LogP contribution is -2.48. The molecule has 1 aliphatic heterocycles. The molecule has 4 rings (SSSR count). The lowest BCUT2D eigenvalue weighted by molar-refractivity contribution is -0.386. The molecular weight excluding hydrogens is 436 g/mol. The van der Waals surface area contributed by atoms with Crippen molar-refractivity contribution in [3.05, 3.63) is 74.9 Å².